The van der Waals surface area contributed by atoms with E-state index in [-0.39, 0.29) is 17.9 Å². The van der Waals surface area contributed by atoms with E-state index in [1.807, 2.05) is 18.3 Å². The fraction of sp³-hybridized carbons (Fsp3) is 0.200. The van der Waals surface area contributed by atoms with E-state index >= 15 is 0 Å². The Bertz CT molecular complexity index is 970. The van der Waals surface area contributed by atoms with Gasteiger partial charge in [0, 0.05) is 23.3 Å². The van der Waals surface area contributed by atoms with Crippen LogP contribution in [-0.4, -0.2) is 15.8 Å². The summed E-state index contributed by atoms with van der Waals surface area (Å²) in [5.41, 5.74) is 3.71. The normalized spacial score (nSPS) is 15.4. The molecular formula is C20H18ClFN4O. The maximum atomic E-state index is 13.5. The molecule has 1 unspecified atom stereocenters. The van der Waals surface area contributed by atoms with E-state index in [4.69, 9.17) is 11.6 Å². The van der Waals surface area contributed by atoms with E-state index in [9.17, 15) is 9.18 Å². The summed E-state index contributed by atoms with van der Waals surface area (Å²) in [6.07, 6.45) is 5.17. The van der Waals surface area contributed by atoms with Crippen LogP contribution in [0.2, 0.25) is 5.02 Å². The van der Waals surface area contributed by atoms with Gasteiger partial charge >= 0.3 is 6.03 Å². The smallest absolute Gasteiger partial charge is 0.315 e. The van der Waals surface area contributed by atoms with Crippen molar-refractivity contribution < 1.29 is 9.18 Å². The van der Waals surface area contributed by atoms with E-state index in [0.717, 1.165) is 35.2 Å². The van der Waals surface area contributed by atoms with Crippen molar-refractivity contribution in [2.24, 2.45) is 0 Å². The quantitative estimate of drug-likeness (QED) is 0.709. The number of carbonyl (C=O) groups is 1. The third-order valence-corrected chi connectivity index (χ3v) is 4.92. The number of carbonyl (C=O) groups excluding carboxylic acids is 1. The molecule has 2 aromatic carbocycles. The molecule has 3 aromatic rings. The number of amides is 2. The molecule has 5 nitrogen and oxygen atoms in total. The third kappa shape index (κ3) is 3.95. The number of aromatic nitrogens is 2. The summed E-state index contributed by atoms with van der Waals surface area (Å²) >= 11 is 5.89. The average Bonchev–Trinajstić information content (AvgIpc) is 3.28. The Morgan fingerprint density at radius 3 is 2.89 bits per heavy atom. The van der Waals surface area contributed by atoms with Crippen LogP contribution in [0.5, 0.6) is 0 Å². The lowest BCUT2D eigenvalue weighted by Crippen LogP contribution is -2.36. The van der Waals surface area contributed by atoms with Gasteiger partial charge in [0.15, 0.2) is 0 Å². The molecule has 0 saturated carbocycles. The summed E-state index contributed by atoms with van der Waals surface area (Å²) in [4.78, 5) is 12.2. The van der Waals surface area contributed by atoms with Crippen molar-refractivity contribution in [1.29, 1.82) is 0 Å². The molecule has 1 aliphatic carbocycles. The molecule has 4 rings (SSSR count). The van der Waals surface area contributed by atoms with Crippen LogP contribution in [-0.2, 0) is 13.0 Å². The van der Waals surface area contributed by atoms with Crippen LogP contribution < -0.4 is 10.6 Å². The number of nitrogens with zero attached hydrogens (tertiary/aromatic N) is 2. The summed E-state index contributed by atoms with van der Waals surface area (Å²) in [6.45, 7) is 0.349. The molecule has 0 fully saturated rings. The Kier molecular flexibility index (Phi) is 4.81. The Balaban J connectivity index is 1.34. The van der Waals surface area contributed by atoms with Crippen molar-refractivity contribution >= 4 is 17.6 Å². The number of halogens is 2. The second kappa shape index (κ2) is 7.40. The summed E-state index contributed by atoms with van der Waals surface area (Å²) < 4.78 is 15.2. The highest BCUT2D eigenvalue weighted by molar-refractivity contribution is 6.30. The van der Waals surface area contributed by atoms with Crippen LogP contribution in [0.4, 0.5) is 9.18 Å². The van der Waals surface area contributed by atoms with Gasteiger partial charge in [-0.3, -0.25) is 0 Å². The standard InChI is InChI=1S/C20H18ClFN4O/c21-15-3-6-17(7-4-15)26-12-13(11-24-26)10-23-20(27)25-19-8-2-14-1-5-16(22)9-18(14)19/h1,3-7,9,11-12,19H,2,8,10H2,(H2,23,25,27). The summed E-state index contributed by atoms with van der Waals surface area (Å²) in [5, 5.41) is 10.7. The van der Waals surface area contributed by atoms with Gasteiger partial charge in [0.05, 0.1) is 17.9 Å². The number of hydrogen-bond acceptors (Lipinski definition) is 2. The largest absolute Gasteiger partial charge is 0.334 e. The van der Waals surface area contributed by atoms with Crippen molar-refractivity contribution in [2.45, 2.75) is 25.4 Å². The monoisotopic (exact) mass is 384 g/mol. The van der Waals surface area contributed by atoms with Gasteiger partial charge in [0.2, 0.25) is 0 Å². The van der Waals surface area contributed by atoms with E-state index < -0.39 is 0 Å². The lowest BCUT2D eigenvalue weighted by Gasteiger charge is -2.14. The number of rotatable bonds is 4. The summed E-state index contributed by atoms with van der Waals surface area (Å²) in [7, 11) is 0. The average molecular weight is 385 g/mol. The predicted molar refractivity (Wildman–Crippen MR) is 101 cm³/mol. The summed E-state index contributed by atoms with van der Waals surface area (Å²) in [6, 6.07) is 11.6. The van der Waals surface area contributed by atoms with Crippen LogP contribution in [0.1, 0.15) is 29.2 Å². The third-order valence-electron chi connectivity index (χ3n) is 4.67. The Morgan fingerprint density at radius 1 is 1.26 bits per heavy atom. The maximum Gasteiger partial charge on any atom is 0.315 e. The number of benzene rings is 2. The first-order valence-electron chi connectivity index (χ1n) is 8.71. The lowest BCUT2D eigenvalue weighted by atomic mass is 10.1. The van der Waals surface area contributed by atoms with Crippen LogP contribution in [0.25, 0.3) is 5.69 Å². The number of aryl methyl sites for hydroxylation is 1. The zero-order valence-electron chi connectivity index (χ0n) is 14.5. The Labute approximate surface area is 161 Å². The molecule has 7 heteroatoms. The van der Waals surface area contributed by atoms with Gasteiger partial charge in [-0.1, -0.05) is 17.7 Å². The topological polar surface area (TPSA) is 59.0 Å². The van der Waals surface area contributed by atoms with Crippen LogP contribution in [0, 0.1) is 5.82 Å². The molecule has 2 N–H and O–H groups in total. The SMILES string of the molecule is O=C(NCc1cnn(-c2ccc(Cl)cc2)c1)NC1CCc2ccc(F)cc21. The van der Waals surface area contributed by atoms with E-state index in [1.165, 1.54) is 12.1 Å². The fourth-order valence-corrected chi connectivity index (χ4v) is 3.43. The first kappa shape index (κ1) is 17.5. The van der Waals surface area contributed by atoms with Crippen molar-refractivity contribution in [2.75, 3.05) is 0 Å². The molecule has 27 heavy (non-hydrogen) atoms. The number of nitrogens with one attached hydrogen (secondary N) is 2. The molecule has 1 heterocycles. The highest BCUT2D eigenvalue weighted by Gasteiger charge is 2.24. The van der Waals surface area contributed by atoms with Crippen LogP contribution >= 0.6 is 11.6 Å². The molecule has 138 valence electrons. The van der Waals surface area contributed by atoms with Gasteiger partial charge in [-0.05, 0) is 60.4 Å². The second-order valence-electron chi connectivity index (χ2n) is 6.53. The molecule has 0 saturated heterocycles. The van der Waals surface area contributed by atoms with Gasteiger partial charge in [-0.25, -0.2) is 13.9 Å². The van der Waals surface area contributed by atoms with Crippen molar-refractivity contribution in [1.82, 2.24) is 20.4 Å². The second-order valence-corrected chi connectivity index (χ2v) is 6.97. The van der Waals surface area contributed by atoms with Gasteiger partial charge in [-0.2, -0.15) is 5.10 Å². The lowest BCUT2D eigenvalue weighted by molar-refractivity contribution is 0.236. The molecular weight excluding hydrogens is 367 g/mol. The molecule has 1 aliphatic rings. The molecule has 0 aliphatic heterocycles. The predicted octanol–water partition coefficient (Wildman–Crippen LogP) is 4.15. The fourth-order valence-electron chi connectivity index (χ4n) is 3.30. The molecule has 0 radical (unpaired) electrons. The summed E-state index contributed by atoms with van der Waals surface area (Å²) in [5.74, 6) is -0.280. The molecule has 2 amide bonds. The maximum absolute atomic E-state index is 13.5. The minimum atomic E-state index is -0.281. The first-order valence-corrected chi connectivity index (χ1v) is 9.08. The van der Waals surface area contributed by atoms with E-state index in [2.05, 4.69) is 15.7 Å². The first-order chi connectivity index (χ1) is 13.1. The molecule has 1 aromatic heterocycles. The molecule has 1 atom stereocenters. The number of fused-ring (bicyclic) bond motifs is 1. The number of urea groups is 1. The highest BCUT2D eigenvalue weighted by Crippen LogP contribution is 2.31. The minimum Gasteiger partial charge on any atom is -0.334 e. The van der Waals surface area contributed by atoms with Gasteiger partial charge < -0.3 is 10.6 Å². The molecule has 0 bridgehead atoms. The van der Waals surface area contributed by atoms with Crippen molar-refractivity contribution in [3.8, 4) is 5.69 Å². The zero-order valence-corrected chi connectivity index (χ0v) is 15.2. The van der Waals surface area contributed by atoms with Crippen molar-refractivity contribution in [3.63, 3.8) is 0 Å². The van der Waals surface area contributed by atoms with Gasteiger partial charge in [0.25, 0.3) is 0 Å². The van der Waals surface area contributed by atoms with Crippen molar-refractivity contribution in [3.05, 3.63) is 82.4 Å². The molecule has 0 spiro atoms. The van der Waals surface area contributed by atoms with Gasteiger partial charge in [-0.15, -0.1) is 0 Å². The van der Waals surface area contributed by atoms with E-state index in [1.54, 1.807) is 29.1 Å². The highest BCUT2D eigenvalue weighted by atomic mass is 35.5. The Morgan fingerprint density at radius 2 is 2.07 bits per heavy atom. The van der Waals surface area contributed by atoms with Gasteiger partial charge in [0.1, 0.15) is 5.82 Å². The minimum absolute atomic E-state index is 0.160. The van der Waals surface area contributed by atoms with Crippen LogP contribution in [0.15, 0.2) is 54.9 Å². The zero-order chi connectivity index (χ0) is 18.8. The van der Waals surface area contributed by atoms with Crippen LogP contribution in [0.3, 0.4) is 0 Å². The van der Waals surface area contributed by atoms with E-state index in [0.29, 0.717) is 11.6 Å². The Hall–Kier alpha value is -2.86. The number of hydrogen-bond donors (Lipinski definition) is 2.